The third-order valence-electron chi connectivity index (χ3n) is 2.77. The number of hydrogen-bond acceptors (Lipinski definition) is 6. The van der Waals surface area contributed by atoms with Gasteiger partial charge in [-0.05, 0) is 28.1 Å². The monoisotopic (exact) mass is 372 g/mol. The molecule has 0 aliphatic heterocycles. The maximum absolute atomic E-state index is 11.1. The van der Waals surface area contributed by atoms with Crippen molar-refractivity contribution in [3.8, 4) is 11.5 Å². The molecule has 21 heavy (non-hydrogen) atoms. The Kier molecular flexibility index (Phi) is 5.16. The molecule has 0 bridgehead atoms. The van der Waals surface area contributed by atoms with Gasteiger partial charge in [0, 0.05) is 26.8 Å². The molecule has 0 atom stereocenters. The van der Waals surface area contributed by atoms with Gasteiger partial charge in [0.1, 0.15) is 6.61 Å². The molecule has 8 heteroatoms. The van der Waals surface area contributed by atoms with E-state index in [-0.39, 0.29) is 12.2 Å². The molecule has 2 N–H and O–H groups in total. The Morgan fingerprint density at radius 3 is 2.67 bits per heavy atom. The van der Waals surface area contributed by atoms with Crippen LogP contribution in [0.4, 0.5) is 5.69 Å². The molecule has 112 valence electrons. The number of nitrogens with two attached hydrogens (primary N) is 1. The standard InChI is InChI=1S/C13H13BrN2O4S/c1-19-12-2-8(5-15)11(16(17)18)4-13(12)20-6-10-3-9(14)7-21-10/h2-4,7H,5-6,15H2,1H3. The summed E-state index contributed by atoms with van der Waals surface area (Å²) in [6.07, 6.45) is 0. The van der Waals surface area contributed by atoms with Crippen LogP contribution in [0.25, 0.3) is 0 Å². The van der Waals surface area contributed by atoms with Crippen LogP contribution >= 0.6 is 27.3 Å². The van der Waals surface area contributed by atoms with Crippen molar-refractivity contribution in [1.82, 2.24) is 0 Å². The van der Waals surface area contributed by atoms with E-state index in [2.05, 4.69) is 15.9 Å². The van der Waals surface area contributed by atoms with Gasteiger partial charge in [0.15, 0.2) is 11.5 Å². The summed E-state index contributed by atoms with van der Waals surface area (Å²) in [6, 6.07) is 4.82. The lowest BCUT2D eigenvalue weighted by molar-refractivity contribution is -0.385. The lowest BCUT2D eigenvalue weighted by Crippen LogP contribution is -2.04. The van der Waals surface area contributed by atoms with Crippen molar-refractivity contribution in [2.45, 2.75) is 13.2 Å². The summed E-state index contributed by atoms with van der Waals surface area (Å²) in [7, 11) is 1.48. The van der Waals surface area contributed by atoms with Gasteiger partial charge in [0.05, 0.1) is 18.1 Å². The number of halogens is 1. The Hall–Kier alpha value is -1.64. The highest BCUT2D eigenvalue weighted by atomic mass is 79.9. The highest BCUT2D eigenvalue weighted by Crippen LogP contribution is 2.35. The molecule has 2 aromatic rings. The Morgan fingerprint density at radius 1 is 1.38 bits per heavy atom. The van der Waals surface area contributed by atoms with Crippen molar-refractivity contribution in [1.29, 1.82) is 0 Å². The van der Waals surface area contributed by atoms with Crippen LogP contribution in [0.3, 0.4) is 0 Å². The molecular formula is C13H13BrN2O4S. The van der Waals surface area contributed by atoms with E-state index in [1.54, 1.807) is 0 Å². The minimum absolute atomic E-state index is 0.0603. The first-order valence-electron chi connectivity index (χ1n) is 5.96. The molecule has 1 heterocycles. The molecular weight excluding hydrogens is 360 g/mol. The number of methoxy groups -OCH3 is 1. The summed E-state index contributed by atoms with van der Waals surface area (Å²) in [5.74, 6) is 0.752. The van der Waals surface area contributed by atoms with E-state index < -0.39 is 4.92 Å². The van der Waals surface area contributed by atoms with E-state index in [0.29, 0.717) is 23.7 Å². The van der Waals surface area contributed by atoms with Crippen LogP contribution in [-0.2, 0) is 13.2 Å². The van der Waals surface area contributed by atoms with Crippen molar-refractivity contribution >= 4 is 33.0 Å². The van der Waals surface area contributed by atoms with Crippen LogP contribution in [-0.4, -0.2) is 12.0 Å². The molecule has 0 radical (unpaired) electrons. The van der Waals surface area contributed by atoms with Gasteiger partial charge in [-0.1, -0.05) is 0 Å². The minimum atomic E-state index is -0.476. The summed E-state index contributed by atoms with van der Waals surface area (Å²) in [5, 5.41) is 13.0. The number of nitro groups is 1. The summed E-state index contributed by atoms with van der Waals surface area (Å²) >= 11 is 4.90. The van der Waals surface area contributed by atoms with Gasteiger partial charge in [-0.2, -0.15) is 0 Å². The van der Waals surface area contributed by atoms with Gasteiger partial charge >= 0.3 is 0 Å². The second-order valence-electron chi connectivity index (χ2n) is 4.11. The Bertz CT molecular complexity index is 660. The molecule has 0 spiro atoms. The van der Waals surface area contributed by atoms with Gasteiger partial charge in [-0.3, -0.25) is 10.1 Å². The summed E-state index contributed by atoms with van der Waals surface area (Å²) in [4.78, 5) is 11.6. The predicted molar refractivity (Wildman–Crippen MR) is 83.9 cm³/mol. The molecule has 0 saturated carbocycles. The molecule has 2 rings (SSSR count). The smallest absolute Gasteiger partial charge is 0.277 e. The number of benzene rings is 1. The van der Waals surface area contributed by atoms with Crippen molar-refractivity contribution in [2.75, 3.05) is 7.11 Å². The number of nitrogens with zero attached hydrogens (tertiary/aromatic N) is 1. The topological polar surface area (TPSA) is 87.6 Å². The molecule has 0 aliphatic carbocycles. The van der Waals surface area contributed by atoms with Gasteiger partial charge < -0.3 is 15.2 Å². The first kappa shape index (κ1) is 15.7. The number of thiophene rings is 1. The average molecular weight is 373 g/mol. The predicted octanol–water partition coefficient (Wildman–Crippen LogP) is 3.47. The number of ether oxygens (including phenoxy) is 2. The Balaban J connectivity index is 2.28. The van der Waals surface area contributed by atoms with Gasteiger partial charge in [-0.25, -0.2) is 0 Å². The van der Waals surface area contributed by atoms with E-state index in [9.17, 15) is 10.1 Å². The summed E-state index contributed by atoms with van der Waals surface area (Å²) in [5.41, 5.74) is 5.86. The van der Waals surface area contributed by atoms with Gasteiger partial charge in [0.25, 0.3) is 5.69 Å². The Labute approximate surface area is 133 Å². The van der Waals surface area contributed by atoms with Crippen molar-refractivity contribution in [3.63, 3.8) is 0 Å². The molecule has 0 saturated heterocycles. The molecule has 0 aliphatic rings. The maximum atomic E-state index is 11.1. The first-order valence-corrected chi connectivity index (χ1v) is 7.63. The molecule has 0 amide bonds. The van der Waals surface area contributed by atoms with E-state index in [0.717, 1.165) is 9.35 Å². The fourth-order valence-corrected chi connectivity index (χ4v) is 3.14. The second-order valence-corrected chi connectivity index (χ2v) is 6.02. The van der Waals surface area contributed by atoms with E-state index in [1.165, 1.54) is 30.6 Å². The molecule has 0 unspecified atom stereocenters. The van der Waals surface area contributed by atoms with E-state index >= 15 is 0 Å². The number of rotatable bonds is 6. The van der Waals surface area contributed by atoms with Crippen LogP contribution in [0.2, 0.25) is 0 Å². The Morgan fingerprint density at radius 2 is 2.14 bits per heavy atom. The van der Waals surface area contributed by atoms with E-state index in [1.807, 2.05) is 11.4 Å². The van der Waals surface area contributed by atoms with Crippen LogP contribution in [0.15, 0.2) is 28.1 Å². The lowest BCUT2D eigenvalue weighted by Gasteiger charge is -2.11. The van der Waals surface area contributed by atoms with Crippen LogP contribution < -0.4 is 15.2 Å². The maximum Gasteiger partial charge on any atom is 0.277 e. The van der Waals surface area contributed by atoms with Gasteiger partial charge in [-0.15, -0.1) is 11.3 Å². The summed E-state index contributed by atoms with van der Waals surface area (Å²) < 4.78 is 11.8. The average Bonchev–Trinajstić information content (AvgIpc) is 2.89. The normalized spacial score (nSPS) is 10.4. The number of hydrogen-bond donors (Lipinski definition) is 1. The first-order chi connectivity index (χ1) is 10.0. The zero-order valence-corrected chi connectivity index (χ0v) is 13.6. The van der Waals surface area contributed by atoms with Crippen molar-refractivity contribution in [3.05, 3.63) is 48.6 Å². The van der Waals surface area contributed by atoms with Crippen LogP contribution in [0.1, 0.15) is 10.4 Å². The highest BCUT2D eigenvalue weighted by molar-refractivity contribution is 9.10. The lowest BCUT2D eigenvalue weighted by atomic mass is 10.1. The summed E-state index contributed by atoms with van der Waals surface area (Å²) in [6.45, 7) is 0.372. The third kappa shape index (κ3) is 3.72. The number of nitro benzene ring substituents is 1. The van der Waals surface area contributed by atoms with Crippen LogP contribution in [0.5, 0.6) is 11.5 Å². The third-order valence-corrected chi connectivity index (χ3v) is 4.44. The van der Waals surface area contributed by atoms with Crippen molar-refractivity contribution in [2.24, 2.45) is 5.73 Å². The largest absolute Gasteiger partial charge is 0.493 e. The zero-order valence-electron chi connectivity index (χ0n) is 11.2. The fourth-order valence-electron chi connectivity index (χ4n) is 1.78. The fraction of sp³-hybridized carbons (Fsp3) is 0.231. The molecule has 0 fully saturated rings. The SMILES string of the molecule is COc1cc(CN)c([N+](=O)[O-])cc1OCc1cc(Br)cs1. The quantitative estimate of drug-likeness (QED) is 0.619. The van der Waals surface area contributed by atoms with E-state index in [4.69, 9.17) is 15.2 Å². The molecule has 1 aromatic carbocycles. The highest BCUT2D eigenvalue weighted by Gasteiger charge is 2.19. The second kappa shape index (κ2) is 6.88. The van der Waals surface area contributed by atoms with Crippen LogP contribution in [0, 0.1) is 10.1 Å². The minimum Gasteiger partial charge on any atom is -0.493 e. The zero-order chi connectivity index (χ0) is 15.4. The van der Waals surface area contributed by atoms with Crippen molar-refractivity contribution < 1.29 is 14.4 Å². The molecule has 1 aromatic heterocycles. The van der Waals surface area contributed by atoms with Gasteiger partial charge in [0.2, 0.25) is 0 Å². The molecule has 6 nitrogen and oxygen atoms in total.